The molecule has 0 amide bonds. The molecule has 5 heteroatoms. The van der Waals surface area contributed by atoms with Gasteiger partial charge in [-0.05, 0) is 49.2 Å². The summed E-state index contributed by atoms with van der Waals surface area (Å²) in [5.74, 6) is 0.489. The zero-order valence-electron chi connectivity index (χ0n) is 11.6. The Labute approximate surface area is 133 Å². The van der Waals surface area contributed by atoms with Crippen LogP contribution in [0.15, 0.2) is 42.7 Å². The van der Waals surface area contributed by atoms with Crippen LogP contribution in [-0.4, -0.2) is 16.9 Å². The number of rotatable bonds is 6. The van der Waals surface area contributed by atoms with Gasteiger partial charge in [0.1, 0.15) is 5.75 Å². The highest BCUT2D eigenvalue weighted by molar-refractivity contribution is 6.35. The van der Waals surface area contributed by atoms with Crippen LogP contribution in [0.3, 0.4) is 0 Å². The summed E-state index contributed by atoms with van der Waals surface area (Å²) in [6, 6.07) is 8.73. The minimum Gasteiger partial charge on any atom is -0.481 e. The van der Waals surface area contributed by atoms with E-state index in [0.29, 0.717) is 28.6 Å². The Hall–Kier alpha value is -1.58. The molecule has 1 heterocycles. The van der Waals surface area contributed by atoms with Gasteiger partial charge in [-0.1, -0.05) is 23.2 Å². The molecular weight excluding hydrogens is 309 g/mol. The molecule has 0 saturated heterocycles. The Bertz CT molecular complexity index is 617. The first-order chi connectivity index (χ1) is 10.1. The lowest BCUT2D eigenvalue weighted by molar-refractivity contribution is -0.125. The van der Waals surface area contributed by atoms with Gasteiger partial charge in [0.15, 0.2) is 11.9 Å². The van der Waals surface area contributed by atoms with Crippen molar-refractivity contribution in [3.8, 4) is 5.75 Å². The Morgan fingerprint density at radius 2 is 1.95 bits per heavy atom. The largest absolute Gasteiger partial charge is 0.481 e. The van der Waals surface area contributed by atoms with Gasteiger partial charge in [0.2, 0.25) is 0 Å². The predicted octanol–water partition coefficient (Wildman–Crippen LogP) is 4.36. The van der Waals surface area contributed by atoms with Crippen LogP contribution in [0.5, 0.6) is 5.75 Å². The van der Waals surface area contributed by atoms with Crippen molar-refractivity contribution in [1.29, 1.82) is 0 Å². The lowest BCUT2D eigenvalue weighted by Crippen LogP contribution is -2.24. The highest BCUT2D eigenvalue weighted by atomic mass is 35.5. The summed E-state index contributed by atoms with van der Waals surface area (Å²) >= 11 is 11.8. The van der Waals surface area contributed by atoms with Crippen LogP contribution in [-0.2, 0) is 11.2 Å². The van der Waals surface area contributed by atoms with E-state index in [2.05, 4.69) is 4.98 Å². The summed E-state index contributed by atoms with van der Waals surface area (Å²) in [4.78, 5) is 16.0. The maximum atomic E-state index is 12.1. The van der Waals surface area contributed by atoms with Gasteiger partial charge in [-0.25, -0.2) is 0 Å². The molecule has 2 aromatic rings. The summed E-state index contributed by atoms with van der Waals surface area (Å²) in [5.41, 5.74) is 1.08. The monoisotopic (exact) mass is 323 g/mol. The molecule has 3 nitrogen and oxygen atoms in total. The molecule has 110 valence electrons. The van der Waals surface area contributed by atoms with E-state index in [1.165, 1.54) is 0 Å². The third-order valence-corrected chi connectivity index (χ3v) is 3.59. The molecular formula is C16H15Cl2NO2. The second kappa shape index (κ2) is 7.43. The quantitative estimate of drug-likeness (QED) is 0.792. The fourth-order valence-corrected chi connectivity index (χ4v) is 2.30. The van der Waals surface area contributed by atoms with Gasteiger partial charge < -0.3 is 4.74 Å². The summed E-state index contributed by atoms with van der Waals surface area (Å²) in [5, 5.41) is 0.931. The smallest absolute Gasteiger partial charge is 0.173 e. The van der Waals surface area contributed by atoms with E-state index in [-0.39, 0.29) is 5.78 Å². The molecule has 0 N–H and O–H groups in total. The maximum Gasteiger partial charge on any atom is 0.173 e. The van der Waals surface area contributed by atoms with E-state index in [1.807, 2.05) is 12.1 Å². The summed E-state index contributed by atoms with van der Waals surface area (Å²) < 4.78 is 5.60. The Kier molecular flexibility index (Phi) is 5.59. The predicted molar refractivity (Wildman–Crippen MR) is 84.1 cm³/mol. The highest BCUT2D eigenvalue weighted by Crippen LogP contribution is 2.28. The Balaban J connectivity index is 1.90. The number of ether oxygens (including phenoxy) is 1. The van der Waals surface area contributed by atoms with Crippen LogP contribution in [0.4, 0.5) is 0 Å². The van der Waals surface area contributed by atoms with E-state index in [4.69, 9.17) is 27.9 Å². The number of ketones is 1. The average Bonchev–Trinajstić information content (AvgIpc) is 2.48. The summed E-state index contributed by atoms with van der Waals surface area (Å²) in [7, 11) is 0. The number of halogens is 2. The average molecular weight is 324 g/mol. The fraction of sp³-hybridized carbons (Fsp3) is 0.250. The van der Waals surface area contributed by atoms with Gasteiger partial charge >= 0.3 is 0 Å². The third-order valence-electron chi connectivity index (χ3n) is 3.06. The van der Waals surface area contributed by atoms with E-state index < -0.39 is 6.10 Å². The number of carbonyl (C=O) groups excluding carboxylic acids is 1. The van der Waals surface area contributed by atoms with E-state index in [1.54, 1.807) is 37.5 Å². The number of nitrogens with zero attached hydrogens (tertiary/aromatic N) is 1. The van der Waals surface area contributed by atoms with Gasteiger partial charge in [-0.15, -0.1) is 0 Å². The molecule has 1 atom stereocenters. The molecule has 0 aliphatic heterocycles. The molecule has 0 radical (unpaired) electrons. The molecule has 0 saturated carbocycles. The maximum absolute atomic E-state index is 12.1. The zero-order valence-corrected chi connectivity index (χ0v) is 13.1. The first-order valence-corrected chi connectivity index (χ1v) is 7.35. The van der Waals surface area contributed by atoms with Crippen LogP contribution in [0.2, 0.25) is 10.0 Å². The van der Waals surface area contributed by atoms with Gasteiger partial charge in [0, 0.05) is 23.8 Å². The minimum atomic E-state index is -0.550. The number of hydrogen-bond acceptors (Lipinski definition) is 3. The van der Waals surface area contributed by atoms with Gasteiger partial charge in [0.25, 0.3) is 0 Å². The number of pyridine rings is 1. The van der Waals surface area contributed by atoms with E-state index in [0.717, 1.165) is 5.56 Å². The fourth-order valence-electron chi connectivity index (χ4n) is 1.85. The van der Waals surface area contributed by atoms with Crippen molar-refractivity contribution in [1.82, 2.24) is 4.98 Å². The first kappa shape index (κ1) is 15.8. The zero-order chi connectivity index (χ0) is 15.2. The Morgan fingerprint density at radius 3 is 2.62 bits per heavy atom. The number of aromatic nitrogens is 1. The molecule has 2 rings (SSSR count). The highest BCUT2D eigenvalue weighted by Gasteiger charge is 2.16. The van der Waals surface area contributed by atoms with Crippen LogP contribution < -0.4 is 4.74 Å². The first-order valence-electron chi connectivity index (χ1n) is 6.59. The number of benzene rings is 1. The van der Waals surface area contributed by atoms with Crippen molar-refractivity contribution in [3.63, 3.8) is 0 Å². The SMILES string of the molecule is CC(Oc1ccc(Cl)cc1Cl)C(=O)CCc1ccncc1. The molecule has 0 bridgehead atoms. The summed E-state index contributed by atoms with van der Waals surface area (Å²) in [6.07, 6.45) is 3.96. The molecule has 1 aromatic heterocycles. The summed E-state index contributed by atoms with van der Waals surface area (Å²) in [6.45, 7) is 1.72. The number of aryl methyl sites for hydroxylation is 1. The second-order valence-electron chi connectivity index (χ2n) is 4.66. The second-order valence-corrected chi connectivity index (χ2v) is 5.50. The molecule has 21 heavy (non-hydrogen) atoms. The Morgan fingerprint density at radius 1 is 1.24 bits per heavy atom. The molecule has 0 aliphatic carbocycles. The van der Waals surface area contributed by atoms with Crippen LogP contribution >= 0.6 is 23.2 Å². The molecule has 0 fully saturated rings. The number of hydrogen-bond donors (Lipinski definition) is 0. The van der Waals surface area contributed by atoms with Crippen molar-refractivity contribution in [2.75, 3.05) is 0 Å². The molecule has 0 spiro atoms. The minimum absolute atomic E-state index is 0.0258. The van der Waals surface area contributed by atoms with E-state index in [9.17, 15) is 4.79 Å². The third kappa shape index (κ3) is 4.73. The molecule has 0 aliphatic rings. The topological polar surface area (TPSA) is 39.2 Å². The van der Waals surface area contributed by atoms with Crippen LogP contribution in [0.1, 0.15) is 18.9 Å². The van der Waals surface area contributed by atoms with Crippen molar-refractivity contribution in [2.45, 2.75) is 25.9 Å². The van der Waals surface area contributed by atoms with Crippen molar-refractivity contribution in [3.05, 3.63) is 58.3 Å². The standard InChI is InChI=1S/C16H15Cl2NO2/c1-11(21-16-5-3-13(17)10-14(16)18)15(20)4-2-12-6-8-19-9-7-12/h3,5-11H,2,4H2,1H3. The van der Waals surface area contributed by atoms with Gasteiger partial charge in [-0.3, -0.25) is 9.78 Å². The number of carbonyl (C=O) groups is 1. The molecule has 1 unspecified atom stereocenters. The van der Waals surface area contributed by atoms with Crippen molar-refractivity contribution < 1.29 is 9.53 Å². The lowest BCUT2D eigenvalue weighted by atomic mass is 10.1. The molecule has 1 aromatic carbocycles. The normalized spacial score (nSPS) is 12.0. The number of Topliss-reactive ketones (excluding diaryl/α,β-unsaturated/α-hetero) is 1. The van der Waals surface area contributed by atoms with Gasteiger partial charge in [-0.2, -0.15) is 0 Å². The van der Waals surface area contributed by atoms with Crippen LogP contribution in [0, 0.1) is 0 Å². The van der Waals surface area contributed by atoms with Crippen molar-refractivity contribution >= 4 is 29.0 Å². The van der Waals surface area contributed by atoms with Crippen LogP contribution in [0.25, 0.3) is 0 Å². The lowest BCUT2D eigenvalue weighted by Gasteiger charge is -2.15. The van der Waals surface area contributed by atoms with E-state index >= 15 is 0 Å². The van der Waals surface area contributed by atoms with Gasteiger partial charge in [0.05, 0.1) is 5.02 Å². The van der Waals surface area contributed by atoms with Crippen molar-refractivity contribution in [2.24, 2.45) is 0 Å².